The van der Waals surface area contributed by atoms with E-state index in [0.717, 1.165) is 58.8 Å². The smallest absolute Gasteiger partial charge is 0.345 e. The standard InChI is InChI=1S/C25H18FN2O5/c1-30-20-4-2-14-8-19-17-10-22-21(31-13-32-22)9-15(17)6-7-28(19)12-18(14)24(20)33-25(29)16-3-5-23(26)27-11-16/h2-5,8-12H,6-7,13H2,1H3/q+1. The van der Waals surface area contributed by atoms with E-state index in [2.05, 4.69) is 15.6 Å². The van der Waals surface area contributed by atoms with Crippen LogP contribution in [0, 0.1) is 5.95 Å². The molecular weight excluding hydrogens is 427 g/mol. The van der Waals surface area contributed by atoms with Crippen molar-refractivity contribution in [2.75, 3.05) is 13.9 Å². The number of hydrogen-bond donors (Lipinski definition) is 0. The maximum absolute atomic E-state index is 13.1. The number of nitrogens with zero attached hydrogens (tertiary/aromatic N) is 2. The number of carbonyl (C=O) groups excluding carboxylic acids is 1. The van der Waals surface area contributed by atoms with Crippen LogP contribution in [0.3, 0.4) is 0 Å². The summed E-state index contributed by atoms with van der Waals surface area (Å²) in [5, 5.41) is 1.61. The average Bonchev–Trinajstić information content (AvgIpc) is 3.29. The van der Waals surface area contributed by atoms with Crippen molar-refractivity contribution >= 4 is 16.7 Å². The van der Waals surface area contributed by atoms with Gasteiger partial charge in [0.25, 0.3) is 0 Å². The number of fused-ring (bicyclic) bond motifs is 5. The van der Waals surface area contributed by atoms with Crippen LogP contribution in [0.15, 0.2) is 54.9 Å². The molecule has 2 aromatic heterocycles. The van der Waals surface area contributed by atoms with Crippen molar-refractivity contribution in [3.63, 3.8) is 0 Å². The summed E-state index contributed by atoms with van der Waals surface area (Å²) in [6.45, 7) is 0.985. The zero-order valence-corrected chi connectivity index (χ0v) is 17.6. The Morgan fingerprint density at radius 1 is 1.12 bits per heavy atom. The van der Waals surface area contributed by atoms with Gasteiger partial charge in [0.05, 0.1) is 23.6 Å². The molecule has 0 N–H and O–H groups in total. The molecule has 164 valence electrons. The van der Waals surface area contributed by atoms with Crippen LogP contribution in [0.4, 0.5) is 4.39 Å². The number of benzene rings is 2. The monoisotopic (exact) mass is 445 g/mol. The van der Waals surface area contributed by atoms with Crippen LogP contribution in [-0.4, -0.2) is 24.9 Å². The summed E-state index contributed by atoms with van der Waals surface area (Å²) in [7, 11) is 1.52. The number of halogens is 1. The number of methoxy groups -OCH3 is 1. The Morgan fingerprint density at radius 2 is 1.97 bits per heavy atom. The molecule has 0 amide bonds. The second kappa shape index (κ2) is 7.44. The highest BCUT2D eigenvalue weighted by atomic mass is 19.1. The summed E-state index contributed by atoms with van der Waals surface area (Å²) in [5.41, 5.74) is 3.46. The lowest BCUT2D eigenvalue weighted by molar-refractivity contribution is -0.686. The van der Waals surface area contributed by atoms with Crippen molar-refractivity contribution < 1.29 is 32.7 Å². The van der Waals surface area contributed by atoms with Crippen molar-refractivity contribution in [3.05, 3.63) is 71.9 Å². The fourth-order valence-electron chi connectivity index (χ4n) is 4.31. The van der Waals surface area contributed by atoms with Crippen LogP contribution in [0.5, 0.6) is 23.0 Å². The van der Waals surface area contributed by atoms with Crippen molar-refractivity contribution in [1.82, 2.24) is 4.98 Å². The number of rotatable bonds is 3. The number of esters is 1. The van der Waals surface area contributed by atoms with Crippen LogP contribution < -0.4 is 23.5 Å². The normalized spacial score (nSPS) is 13.4. The van der Waals surface area contributed by atoms with E-state index in [0.29, 0.717) is 11.5 Å². The molecule has 0 aliphatic carbocycles. The first kappa shape index (κ1) is 19.5. The van der Waals surface area contributed by atoms with Crippen molar-refractivity contribution in [2.45, 2.75) is 13.0 Å². The summed E-state index contributed by atoms with van der Waals surface area (Å²) < 4.78 is 37.6. The quantitative estimate of drug-likeness (QED) is 0.207. The van der Waals surface area contributed by atoms with Crippen LogP contribution in [-0.2, 0) is 13.0 Å². The number of aromatic nitrogens is 2. The minimum atomic E-state index is -0.666. The first-order valence-electron chi connectivity index (χ1n) is 10.4. The fraction of sp³-hybridized carbons (Fsp3) is 0.160. The van der Waals surface area contributed by atoms with E-state index in [1.165, 1.54) is 18.7 Å². The second-order valence-corrected chi connectivity index (χ2v) is 7.82. The number of hydrogen-bond acceptors (Lipinski definition) is 6. The van der Waals surface area contributed by atoms with Gasteiger partial charge in [-0.2, -0.15) is 8.96 Å². The number of aryl methyl sites for hydroxylation is 2. The maximum Gasteiger partial charge on any atom is 0.345 e. The largest absolute Gasteiger partial charge is 0.493 e. The molecule has 0 saturated heterocycles. The minimum Gasteiger partial charge on any atom is -0.493 e. The predicted octanol–water partition coefficient (Wildman–Crippen LogP) is 3.84. The summed E-state index contributed by atoms with van der Waals surface area (Å²) in [6.07, 6.45) is 3.94. The van der Waals surface area contributed by atoms with Gasteiger partial charge in [-0.25, -0.2) is 9.78 Å². The highest BCUT2D eigenvalue weighted by molar-refractivity contribution is 5.97. The summed E-state index contributed by atoms with van der Waals surface area (Å²) in [5.74, 6) is 0.924. The average molecular weight is 445 g/mol. The topological polar surface area (TPSA) is 70.8 Å². The van der Waals surface area contributed by atoms with E-state index in [-0.39, 0.29) is 12.4 Å². The van der Waals surface area contributed by atoms with Gasteiger partial charge in [-0.3, -0.25) is 0 Å². The maximum atomic E-state index is 13.1. The Kier molecular flexibility index (Phi) is 4.39. The van der Waals surface area contributed by atoms with E-state index in [4.69, 9.17) is 18.9 Å². The predicted molar refractivity (Wildman–Crippen MR) is 115 cm³/mol. The Labute approximate surface area is 187 Å². The third-order valence-electron chi connectivity index (χ3n) is 5.95. The molecule has 2 aliphatic heterocycles. The van der Waals surface area contributed by atoms with Gasteiger partial charge >= 0.3 is 5.97 Å². The molecular formula is C25H18FN2O5+. The molecule has 6 rings (SSSR count). The van der Waals surface area contributed by atoms with Crippen LogP contribution >= 0.6 is 0 Å². The van der Waals surface area contributed by atoms with Gasteiger partial charge in [0, 0.05) is 18.7 Å². The van der Waals surface area contributed by atoms with Gasteiger partial charge in [0.1, 0.15) is 0 Å². The first-order valence-corrected chi connectivity index (χ1v) is 10.4. The van der Waals surface area contributed by atoms with Crippen LogP contribution in [0.1, 0.15) is 15.9 Å². The second-order valence-electron chi connectivity index (χ2n) is 7.82. The molecule has 0 atom stereocenters. The molecule has 4 aromatic rings. The molecule has 0 fully saturated rings. The van der Waals surface area contributed by atoms with Crippen molar-refractivity contribution in [1.29, 1.82) is 0 Å². The molecule has 0 radical (unpaired) electrons. The number of carbonyl (C=O) groups is 1. The lowest BCUT2D eigenvalue weighted by Gasteiger charge is -2.17. The molecule has 4 heterocycles. The minimum absolute atomic E-state index is 0.145. The Bertz CT molecular complexity index is 1440. The molecule has 8 heteroatoms. The van der Waals surface area contributed by atoms with Gasteiger partial charge in [0.15, 0.2) is 35.7 Å². The molecule has 0 bridgehead atoms. The SMILES string of the molecule is COc1ccc2cc3[n+](cc2c1OC(=O)c1ccc(F)nc1)CCc1cc2c(cc1-3)OCO2. The Hall–Kier alpha value is -4.20. The molecule has 7 nitrogen and oxygen atoms in total. The summed E-state index contributed by atoms with van der Waals surface area (Å²) in [6, 6.07) is 12.3. The molecule has 2 aromatic carbocycles. The van der Waals surface area contributed by atoms with E-state index in [1.807, 2.05) is 24.4 Å². The van der Waals surface area contributed by atoms with Gasteiger partial charge in [-0.1, -0.05) is 0 Å². The molecule has 0 unspecified atom stereocenters. The highest BCUT2D eigenvalue weighted by Crippen LogP contribution is 2.41. The van der Waals surface area contributed by atoms with Gasteiger partial charge in [-0.05, 0) is 47.3 Å². The number of ether oxygens (including phenoxy) is 4. The Balaban J connectivity index is 1.46. The van der Waals surface area contributed by atoms with E-state index in [9.17, 15) is 9.18 Å². The summed E-state index contributed by atoms with van der Waals surface area (Å²) >= 11 is 0. The third-order valence-corrected chi connectivity index (χ3v) is 5.95. The molecule has 0 spiro atoms. The van der Waals surface area contributed by atoms with Crippen LogP contribution in [0.25, 0.3) is 22.0 Å². The van der Waals surface area contributed by atoms with E-state index < -0.39 is 11.9 Å². The lowest BCUT2D eigenvalue weighted by atomic mass is 9.95. The fourth-order valence-corrected chi connectivity index (χ4v) is 4.31. The van der Waals surface area contributed by atoms with Gasteiger partial charge in [0.2, 0.25) is 18.4 Å². The van der Waals surface area contributed by atoms with Gasteiger partial charge < -0.3 is 18.9 Å². The number of pyridine rings is 2. The Morgan fingerprint density at radius 3 is 2.76 bits per heavy atom. The van der Waals surface area contributed by atoms with Crippen molar-refractivity contribution in [3.8, 4) is 34.3 Å². The summed E-state index contributed by atoms with van der Waals surface area (Å²) in [4.78, 5) is 16.3. The zero-order chi connectivity index (χ0) is 22.5. The van der Waals surface area contributed by atoms with E-state index in [1.54, 1.807) is 6.07 Å². The van der Waals surface area contributed by atoms with Crippen molar-refractivity contribution in [2.24, 2.45) is 0 Å². The third kappa shape index (κ3) is 3.22. The van der Waals surface area contributed by atoms with E-state index >= 15 is 0 Å². The molecule has 2 aliphatic rings. The van der Waals surface area contributed by atoms with Crippen LogP contribution in [0.2, 0.25) is 0 Å². The lowest BCUT2D eigenvalue weighted by Crippen LogP contribution is -2.40. The van der Waals surface area contributed by atoms with Gasteiger partial charge in [-0.15, -0.1) is 0 Å². The zero-order valence-electron chi connectivity index (χ0n) is 17.6. The first-order chi connectivity index (χ1) is 16.1. The highest BCUT2D eigenvalue weighted by Gasteiger charge is 2.29. The molecule has 0 saturated carbocycles. The molecule has 33 heavy (non-hydrogen) atoms.